The Morgan fingerprint density at radius 3 is 2.76 bits per heavy atom. The number of nitrogens with zero attached hydrogens (tertiary/aromatic N) is 3. The van der Waals surface area contributed by atoms with Gasteiger partial charge in [0.05, 0.1) is 5.52 Å². The van der Waals surface area contributed by atoms with Crippen LogP contribution in [0.3, 0.4) is 0 Å². The molecule has 0 aliphatic carbocycles. The molecule has 0 atom stereocenters. The summed E-state index contributed by atoms with van der Waals surface area (Å²) in [6.45, 7) is 9.93. The molecule has 1 aliphatic rings. The van der Waals surface area contributed by atoms with Gasteiger partial charge in [-0.05, 0) is 61.4 Å². The lowest BCUT2D eigenvalue weighted by atomic mass is 10.0. The van der Waals surface area contributed by atoms with Crippen molar-refractivity contribution in [3.63, 3.8) is 0 Å². The summed E-state index contributed by atoms with van der Waals surface area (Å²) in [5.41, 5.74) is 8.12. The highest BCUT2D eigenvalue weighted by atomic mass is 15.1. The van der Waals surface area contributed by atoms with Crippen LogP contribution >= 0.6 is 0 Å². The summed E-state index contributed by atoms with van der Waals surface area (Å²) in [4.78, 5) is 6.67. The van der Waals surface area contributed by atoms with E-state index in [1.54, 1.807) is 0 Å². The van der Waals surface area contributed by atoms with E-state index in [9.17, 15) is 0 Å². The van der Waals surface area contributed by atoms with E-state index >= 15 is 0 Å². The summed E-state index contributed by atoms with van der Waals surface area (Å²) in [5, 5.41) is 1.41. The average Bonchev–Trinajstić information content (AvgIpc) is 2.95. The molecule has 1 aliphatic heterocycles. The lowest BCUT2D eigenvalue weighted by molar-refractivity contribution is 0.267. The van der Waals surface area contributed by atoms with E-state index in [1.165, 1.54) is 38.9 Å². The molecule has 128 valence electrons. The highest BCUT2D eigenvalue weighted by molar-refractivity contribution is 5.90. The van der Waals surface area contributed by atoms with Gasteiger partial charge in [-0.2, -0.15) is 0 Å². The predicted octanol–water partition coefficient (Wildman–Crippen LogP) is 4.74. The van der Waals surface area contributed by atoms with Crippen molar-refractivity contribution in [2.75, 3.05) is 13.1 Å². The van der Waals surface area contributed by atoms with Gasteiger partial charge >= 0.3 is 0 Å². The van der Waals surface area contributed by atoms with Crippen molar-refractivity contribution in [2.24, 2.45) is 0 Å². The van der Waals surface area contributed by atoms with Crippen LogP contribution in [0.15, 0.2) is 42.7 Å². The molecule has 2 aromatic heterocycles. The van der Waals surface area contributed by atoms with Crippen LogP contribution in [0, 0.1) is 6.92 Å². The van der Waals surface area contributed by atoms with Gasteiger partial charge in [-0.3, -0.25) is 9.88 Å². The smallest absolute Gasteiger partial charge is 0.0529 e. The second-order valence-corrected chi connectivity index (χ2v) is 6.98. The molecule has 1 aromatic carbocycles. The van der Waals surface area contributed by atoms with E-state index in [0.717, 1.165) is 26.1 Å². The van der Waals surface area contributed by atoms with Crippen LogP contribution in [0.1, 0.15) is 36.2 Å². The SMILES string of the molecule is CCN1CCc2c(c3cc(C)ccc3n2/C=C(/C)c2ccncc2)C1. The number of likely N-dealkylation sites (N-methyl/N-ethyl adjacent to an activating group) is 1. The Balaban J connectivity index is 1.90. The molecule has 0 amide bonds. The van der Waals surface area contributed by atoms with E-state index in [2.05, 4.69) is 71.8 Å². The van der Waals surface area contributed by atoms with Crippen LogP contribution in [-0.4, -0.2) is 27.5 Å². The predicted molar refractivity (Wildman–Crippen MR) is 105 cm³/mol. The second-order valence-electron chi connectivity index (χ2n) is 6.98. The number of pyridine rings is 1. The molecule has 3 heteroatoms. The molecule has 0 saturated carbocycles. The molecule has 0 saturated heterocycles. The zero-order valence-electron chi connectivity index (χ0n) is 15.3. The van der Waals surface area contributed by atoms with Gasteiger partial charge in [0.25, 0.3) is 0 Å². The molecule has 0 N–H and O–H groups in total. The maximum Gasteiger partial charge on any atom is 0.0529 e. The minimum absolute atomic E-state index is 1.06. The monoisotopic (exact) mass is 331 g/mol. The Labute approximate surface area is 149 Å². The second kappa shape index (κ2) is 6.49. The normalized spacial score (nSPS) is 15.6. The Morgan fingerprint density at radius 1 is 1.20 bits per heavy atom. The van der Waals surface area contributed by atoms with Crippen LogP contribution < -0.4 is 0 Å². The molecule has 0 radical (unpaired) electrons. The fourth-order valence-corrected chi connectivity index (χ4v) is 3.86. The van der Waals surface area contributed by atoms with Crippen molar-refractivity contribution in [3.8, 4) is 0 Å². The molecule has 0 spiro atoms. The highest BCUT2D eigenvalue weighted by Gasteiger charge is 2.22. The number of aromatic nitrogens is 2. The number of benzene rings is 1. The Kier molecular flexibility index (Phi) is 4.18. The minimum Gasteiger partial charge on any atom is -0.320 e. The Bertz CT molecular complexity index is 935. The van der Waals surface area contributed by atoms with E-state index < -0.39 is 0 Å². The van der Waals surface area contributed by atoms with E-state index in [1.807, 2.05) is 12.4 Å². The van der Waals surface area contributed by atoms with Crippen LogP contribution in [0.4, 0.5) is 0 Å². The first kappa shape index (κ1) is 16.1. The molecule has 3 nitrogen and oxygen atoms in total. The van der Waals surface area contributed by atoms with Crippen molar-refractivity contribution in [1.82, 2.24) is 14.5 Å². The lowest BCUT2D eigenvalue weighted by Gasteiger charge is -2.26. The molecule has 0 unspecified atom stereocenters. The topological polar surface area (TPSA) is 21.1 Å². The zero-order valence-corrected chi connectivity index (χ0v) is 15.3. The Morgan fingerprint density at radius 2 is 2.00 bits per heavy atom. The lowest BCUT2D eigenvalue weighted by Crippen LogP contribution is -2.30. The summed E-state index contributed by atoms with van der Waals surface area (Å²) in [6, 6.07) is 11.0. The number of allylic oxidation sites excluding steroid dienone is 1. The molecule has 3 heterocycles. The van der Waals surface area contributed by atoms with Gasteiger partial charge < -0.3 is 4.57 Å². The van der Waals surface area contributed by atoms with Crippen molar-refractivity contribution in [2.45, 2.75) is 33.7 Å². The van der Waals surface area contributed by atoms with Gasteiger partial charge in [-0.15, -0.1) is 0 Å². The first-order valence-corrected chi connectivity index (χ1v) is 9.11. The van der Waals surface area contributed by atoms with Gasteiger partial charge in [-0.25, -0.2) is 0 Å². The molecule has 4 rings (SSSR count). The van der Waals surface area contributed by atoms with Crippen molar-refractivity contribution in [3.05, 3.63) is 65.1 Å². The number of fused-ring (bicyclic) bond motifs is 3. The largest absolute Gasteiger partial charge is 0.320 e. The molecular weight excluding hydrogens is 306 g/mol. The molecule has 0 bridgehead atoms. The molecular formula is C22H25N3. The summed E-state index contributed by atoms with van der Waals surface area (Å²) in [5.74, 6) is 0. The molecule has 25 heavy (non-hydrogen) atoms. The average molecular weight is 331 g/mol. The third kappa shape index (κ3) is 2.89. The fraction of sp³-hybridized carbons (Fsp3) is 0.318. The van der Waals surface area contributed by atoms with Gasteiger partial charge in [0.2, 0.25) is 0 Å². The van der Waals surface area contributed by atoms with Crippen LogP contribution in [0.25, 0.3) is 22.7 Å². The standard InChI is InChI=1S/C22H25N3/c1-4-24-12-9-22-20(15-24)19-13-16(2)5-6-21(19)25(22)14-17(3)18-7-10-23-11-8-18/h5-8,10-11,13-14H,4,9,12,15H2,1-3H3/b17-14-. The maximum atomic E-state index is 4.13. The van der Waals surface area contributed by atoms with Crippen molar-refractivity contribution < 1.29 is 0 Å². The zero-order chi connectivity index (χ0) is 17.4. The summed E-state index contributed by atoms with van der Waals surface area (Å²) < 4.78 is 2.42. The van der Waals surface area contributed by atoms with Crippen LogP contribution in [-0.2, 0) is 13.0 Å². The third-order valence-corrected chi connectivity index (χ3v) is 5.33. The van der Waals surface area contributed by atoms with E-state index in [-0.39, 0.29) is 0 Å². The number of rotatable bonds is 3. The van der Waals surface area contributed by atoms with Gasteiger partial charge in [0.15, 0.2) is 0 Å². The Hall–Kier alpha value is -2.39. The molecule has 3 aromatic rings. The summed E-state index contributed by atoms with van der Waals surface area (Å²) >= 11 is 0. The number of aryl methyl sites for hydroxylation is 1. The van der Waals surface area contributed by atoms with Gasteiger partial charge in [-0.1, -0.05) is 18.6 Å². The van der Waals surface area contributed by atoms with Crippen LogP contribution in [0.5, 0.6) is 0 Å². The molecule has 0 fully saturated rings. The van der Waals surface area contributed by atoms with Crippen molar-refractivity contribution >= 4 is 22.7 Å². The quantitative estimate of drug-likeness (QED) is 0.691. The van der Waals surface area contributed by atoms with Crippen LogP contribution in [0.2, 0.25) is 0 Å². The third-order valence-electron chi connectivity index (χ3n) is 5.33. The number of hydrogen-bond acceptors (Lipinski definition) is 2. The van der Waals surface area contributed by atoms with E-state index in [0.29, 0.717) is 0 Å². The highest BCUT2D eigenvalue weighted by Crippen LogP contribution is 2.33. The summed E-state index contributed by atoms with van der Waals surface area (Å²) in [6.07, 6.45) is 7.13. The number of hydrogen-bond donors (Lipinski definition) is 0. The maximum absolute atomic E-state index is 4.13. The fourth-order valence-electron chi connectivity index (χ4n) is 3.86. The first-order valence-electron chi connectivity index (χ1n) is 9.11. The van der Waals surface area contributed by atoms with Gasteiger partial charge in [0, 0.05) is 49.2 Å². The first-order chi connectivity index (χ1) is 12.2. The van der Waals surface area contributed by atoms with Gasteiger partial charge in [0.1, 0.15) is 0 Å². The van der Waals surface area contributed by atoms with E-state index in [4.69, 9.17) is 0 Å². The van der Waals surface area contributed by atoms with Crippen molar-refractivity contribution in [1.29, 1.82) is 0 Å². The minimum atomic E-state index is 1.06. The summed E-state index contributed by atoms with van der Waals surface area (Å²) in [7, 11) is 0.